The zero-order chi connectivity index (χ0) is 56.5. The molecule has 0 bridgehead atoms. The molecular formula is C54H73N11O12S. The number of amides is 7. The highest BCUT2D eigenvalue weighted by atomic mass is 32.1. The molecule has 0 saturated carbocycles. The van der Waals surface area contributed by atoms with Crippen LogP contribution in [0, 0.1) is 31.1 Å². The summed E-state index contributed by atoms with van der Waals surface area (Å²) in [5.41, 5.74) is 5.20. The van der Waals surface area contributed by atoms with Crippen LogP contribution < -0.4 is 41.4 Å². The Hall–Kier alpha value is -7.31. The molecule has 23 nitrogen and oxygen atoms in total. The predicted molar refractivity (Wildman–Crippen MR) is 286 cm³/mol. The summed E-state index contributed by atoms with van der Waals surface area (Å²) in [6.45, 7) is 14.7. The molecule has 2 aromatic heterocycles. The second kappa shape index (κ2) is 28.4. The van der Waals surface area contributed by atoms with Gasteiger partial charge in [0.15, 0.2) is 0 Å². The number of hydrogen-bond donors (Lipinski definition) is 7. The average Bonchev–Trinajstić information content (AvgIpc) is 4.21. The van der Waals surface area contributed by atoms with Gasteiger partial charge < -0.3 is 60.9 Å². The van der Waals surface area contributed by atoms with E-state index in [0.29, 0.717) is 37.2 Å². The summed E-state index contributed by atoms with van der Waals surface area (Å²) in [5, 5.41) is 35.4. The monoisotopic (exact) mass is 1100 g/mol. The Kier molecular flexibility index (Phi) is 21.8. The van der Waals surface area contributed by atoms with Crippen molar-refractivity contribution in [3.8, 4) is 21.9 Å². The first-order chi connectivity index (χ1) is 37.2. The molecule has 7 N–H and O–H groups in total. The molecule has 422 valence electrons. The number of benzene rings is 2. The Morgan fingerprint density at radius 1 is 0.936 bits per heavy atom. The second-order valence-electron chi connectivity index (χ2n) is 21.0. The third-order valence-corrected chi connectivity index (χ3v) is 14.3. The molecule has 4 heterocycles. The number of aliphatic hydroxyl groups is 1. The molecule has 0 radical (unpaired) electrons. The number of likely N-dealkylation sites (tertiary alicyclic amines) is 1. The molecule has 6 rings (SSSR count). The molecular weight excluding hydrogens is 1030 g/mol. The Bertz CT molecular complexity index is 2710. The number of nitrogens with one attached hydrogen (secondary N) is 6. The lowest BCUT2D eigenvalue weighted by Crippen LogP contribution is -2.57. The van der Waals surface area contributed by atoms with Crippen molar-refractivity contribution < 1.29 is 57.7 Å². The lowest BCUT2D eigenvalue weighted by Gasteiger charge is -2.35. The molecule has 0 unspecified atom stereocenters. The van der Waals surface area contributed by atoms with Crippen LogP contribution in [-0.4, -0.2) is 141 Å². The molecule has 2 aliphatic heterocycles. The number of hydrogen-bond acceptors (Lipinski definition) is 16. The third-order valence-electron chi connectivity index (χ3n) is 13.3. The molecule has 2 saturated heterocycles. The first kappa shape index (κ1) is 59.9. The Morgan fingerprint density at radius 3 is 2.31 bits per heavy atom. The first-order valence-electron chi connectivity index (χ1n) is 26.2. The van der Waals surface area contributed by atoms with Crippen molar-refractivity contribution in [3.05, 3.63) is 76.7 Å². The van der Waals surface area contributed by atoms with Crippen molar-refractivity contribution in [1.29, 1.82) is 0 Å². The van der Waals surface area contributed by atoms with E-state index in [1.165, 1.54) is 17.0 Å². The van der Waals surface area contributed by atoms with E-state index in [-0.39, 0.29) is 101 Å². The van der Waals surface area contributed by atoms with Gasteiger partial charge in [-0.15, -0.1) is 16.4 Å². The van der Waals surface area contributed by atoms with Crippen LogP contribution in [0.5, 0.6) is 11.5 Å². The van der Waals surface area contributed by atoms with E-state index in [1.54, 1.807) is 54.4 Å². The highest BCUT2D eigenvalue weighted by molar-refractivity contribution is 7.13. The molecule has 6 atom stereocenters. The average molecular weight is 1100 g/mol. The number of rotatable bonds is 27. The number of β-amino-alcohol motifs (C(OH)–C–C–N with tert-alkyl or cyclic N) is 1. The summed E-state index contributed by atoms with van der Waals surface area (Å²) in [6.07, 6.45) is -0.415. The van der Waals surface area contributed by atoms with Gasteiger partial charge in [0, 0.05) is 51.4 Å². The Labute approximate surface area is 457 Å². The minimum Gasteiger partial charge on any atom is -0.487 e. The van der Waals surface area contributed by atoms with E-state index in [2.05, 4.69) is 47.2 Å². The highest BCUT2D eigenvalue weighted by Gasteiger charge is 2.44. The molecule has 78 heavy (non-hydrogen) atoms. The first-order valence-corrected chi connectivity index (χ1v) is 27.1. The fraction of sp³-hybridized carbons (Fsp3) is 0.537. The lowest BCUT2D eigenvalue weighted by atomic mass is 9.85. The topological polar surface area (TPSA) is 303 Å². The van der Waals surface area contributed by atoms with Gasteiger partial charge >= 0.3 is 6.09 Å². The van der Waals surface area contributed by atoms with Gasteiger partial charge in [0.25, 0.3) is 0 Å². The summed E-state index contributed by atoms with van der Waals surface area (Å²) >= 11 is 1.55. The maximum atomic E-state index is 14.0. The second-order valence-corrected chi connectivity index (χ2v) is 21.8. The minimum absolute atomic E-state index is 0.0249. The standard InChI is InChI=1S/C54H73N11O12S/c1-32(2)24-42(50(71)59-38(29-66)25-37-18-19-56-49(37)70)60-53(74)77-41-14-12-40(13-15-41)76-30-43-34(4)65(63-62-43)21-23-75-22-20-55-45(68)16-17-46(69)61-48(54(5,6)7)52(73)64-28-39(67)26-44(64)51(72)57-27-35-8-10-36(11-9-35)47-33(3)58-31-78-47/h8-15,29,31-32,37-39,42,44,48,67H,16-28,30H2,1-7H3,(H,55,68)(H,56,70)(H,57,72)(H,59,71)(H,60,74)(H,61,69)/t37-,38-,39+,42-,44-,48+/m0/s1. The summed E-state index contributed by atoms with van der Waals surface area (Å²) in [7, 11) is 0. The summed E-state index contributed by atoms with van der Waals surface area (Å²) in [4.78, 5) is 110. The van der Waals surface area contributed by atoms with E-state index in [0.717, 1.165) is 27.4 Å². The number of aryl methyl sites for hydroxylation is 1. The van der Waals surface area contributed by atoms with E-state index in [1.807, 2.05) is 52.0 Å². The molecule has 2 aromatic carbocycles. The van der Waals surface area contributed by atoms with Crippen LogP contribution in [0.1, 0.15) is 95.8 Å². The summed E-state index contributed by atoms with van der Waals surface area (Å²) < 4.78 is 18.7. The quantitative estimate of drug-likeness (QED) is 0.0334. The van der Waals surface area contributed by atoms with Gasteiger partial charge in [-0.1, -0.05) is 64.1 Å². The van der Waals surface area contributed by atoms with Crippen LogP contribution >= 0.6 is 11.3 Å². The van der Waals surface area contributed by atoms with Crippen molar-refractivity contribution in [2.45, 2.75) is 137 Å². The minimum atomic E-state index is -1.03. The normalized spacial score (nSPS) is 17.4. The summed E-state index contributed by atoms with van der Waals surface area (Å²) in [5.74, 6) is -2.19. The zero-order valence-electron chi connectivity index (χ0n) is 45.3. The Morgan fingerprint density at radius 2 is 1.65 bits per heavy atom. The third kappa shape index (κ3) is 17.6. The van der Waals surface area contributed by atoms with Crippen molar-refractivity contribution >= 4 is 59.2 Å². The molecule has 4 aromatic rings. The van der Waals surface area contributed by atoms with Crippen molar-refractivity contribution in [2.24, 2.45) is 17.3 Å². The van der Waals surface area contributed by atoms with E-state index in [4.69, 9.17) is 14.2 Å². The van der Waals surface area contributed by atoms with Crippen LogP contribution in [0.15, 0.2) is 54.0 Å². The van der Waals surface area contributed by atoms with E-state index >= 15 is 0 Å². The molecule has 24 heteroatoms. The van der Waals surface area contributed by atoms with Gasteiger partial charge in [-0.2, -0.15) is 0 Å². The smallest absolute Gasteiger partial charge is 0.413 e. The number of carbonyl (C=O) groups excluding carboxylic acids is 8. The van der Waals surface area contributed by atoms with E-state index in [9.17, 15) is 43.5 Å². The molecule has 2 fully saturated rings. The number of nitrogens with zero attached hydrogens (tertiary/aromatic N) is 5. The van der Waals surface area contributed by atoms with Crippen LogP contribution in [-0.2, 0) is 58.0 Å². The number of aromatic nitrogens is 4. The molecule has 2 aliphatic rings. The highest BCUT2D eigenvalue weighted by Crippen LogP contribution is 2.29. The Balaban J connectivity index is 0.856. The van der Waals surface area contributed by atoms with Gasteiger partial charge in [0.2, 0.25) is 35.4 Å². The van der Waals surface area contributed by atoms with Crippen LogP contribution in [0.25, 0.3) is 10.4 Å². The predicted octanol–water partition coefficient (Wildman–Crippen LogP) is 3.03. The largest absolute Gasteiger partial charge is 0.487 e. The fourth-order valence-electron chi connectivity index (χ4n) is 8.93. The number of thiazole rings is 1. The van der Waals surface area contributed by atoms with Gasteiger partial charge in [-0.25, -0.2) is 14.5 Å². The van der Waals surface area contributed by atoms with Gasteiger partial charge in [-0.3, -0.25) is 28.8 Å². The fourth-order valence-corrected chi connectivity index (χ4v) is 9.74. The van der Waals surface area contributed by atoms with Gasteiger partial charge in [-0.05, 0) is 79.8 Å². The summed E-state index contributed by atoms with van der Waals surface area (Å²) in [6, 6.07) is 10.2. The van der Waals surface area contributed by atoms with Crippen LogP contribution in [0.3, 0.4) is 0 Å². The number of aldehydes is 1. The van der Waals surface area contributed by atoms with Crippen LogP contribution in [0.4, 0.5) is 4.79 Å². The van der Waals surface area contributed by atoms with Crippen molar-refractivity contribution in [3.63, 3.8) is 0 Å². The number of carbonyl (C=O) groups is 8. The maximum absolute atomic E-state index is 14.0. The van der Waals surface area contributed by atoms with Crippen LogP contribution in [0.2, 0.25) is 0 Å². The van der Waals surface area contributed by atoms with Crippen molar-refractivity contribution in [2.75, 3.05) is 32.8 Å². The number of ether oxygens (including phenoxy) is 3. The van der Waals surface area contributed by atoms with Gasteiger partial charge in [0.1, 0.15) is 48.2 Å². The van der Waals surface area contributed by atoms with Gasteiger partial charge in [0.05, 0.1) is 53.7 Å². The molecule has 0 aliphatic carbocycles. The lowest BCUT2D eigenvalue weighted by molar-refractivity contribution is -0.144. The number of aliphatic hydroxyl groups excluding tert-OH is 1. The van der Waals surface area contributed by atoms with Crippen molar-refractivity contribution in [1.82, 2.24) is 56.8 Å². The maximum Gasteiger partial charge on any atom is 0.413 e. The zero-order valence-corrected chi connectivity index (χ0v) is 46.1. The molecule has 0 spiro atoms. The molecule has 7 amide bonds. The SMILES string of the molecule is Cc1ncsc1-c1ccc(CNC(=O)[C@@H]2C[C@@H](O)CN2C(=O)[C@@H](NC(=O)CCC(=O)NCCOCCn2nnc(COc3ccc(OC(=O)N[C@@H](CC(C)C)C(=O)N[C@H](C=O)C[C@@H]4CCNC4=O)cc3)c2C)C(C)(C)C)cc1. The van der Waals surface area contributed by atoms with E-state index < -0.39 is 65.4 Å².